The molecule has 15 nitrogen and oxygen atoms in total. The summed E-state index contributed by atoms with van der Waals surface area (Å²) in [5.41, 5.74) is 6.91. The number of aromatic nitrogens is 5. The minimum atomic E-state index is -1.13. The van der Waals surface area contributed by atoms with E-state index < -0.39 is 35.6 Å². The van der Waals surface area contributed by atoms with Gasteiger partial charge in [0.1, 0.15) is 17.1 Å². The Morgan fingerprint density at radius 2 is 1.98 bits per heavy atom. The lowest BCUT2D eigenvalue weighted by molar-refractivity contribution is -0.195. The smallest absolute Gasteiger partial charge is 0.358 e. The van der Waals surface area contributed by atoms with Gasteiger partial charge in [0, 0.05) is 35.8 Å². The summed E-state index contributed by atoms with van der Waals surface area (Å²) in [5, 5.41) is 16.8. The molecule has 2 aromatic rings. The number of halogens is 2. The predicted octanol–water partition coefficient (Wildman–Crippen LogP) is 2.36. The van der Waals surface area contributed by atoms with Crippen molar-refractivity contribution in [1.82, 2.24) is 40.3 Å². The number of likely N-dealkylation sites (N-methyl/N-ethyl adjacent to an activating group) is 1. The fourth-order valence-corrected chi connectivity index (χ4v) is 7.38. The molecule has 2 amide bonds. The molecule has 47 heavy (non-hydrogen) atoms. The van der Waals surface area contributed by atoms with Crippen molar-refractivity contribution in [3.63, 3.8) is 0 Å². The molecular formula is C27H41Cl2N9O6S3. The predicted molar refractivity (Wildman–Crippen MR) is 184 cm³/mol. The quantitative estimate of drug-likeness (QED) is 0.110. The number of thiazole rings is 1. The van der Waals surface area contributed by atoms with Crippen molar-refractivity contribution in [1.29, 1.82) is 0 Å². The topological polar surface area (TPSA) is 188 Å². The minimum absolute atomic E-state index is 0. The molecular weight excluding hydrogens is 713 g/mol. The van der Waals surface area contributed by atoms with Gasteiger partial charge in [-0.2, -0.15) is 0 Å². The molecule has 0 bridgehead atoms. The highest BCUT2D eigenvalue weighted by molar-refractivity contribution is 8.01. The monoisotopic (exact) mass is 753 g/mol. The molecule has 1 fully saturated rings. The number of carbonyl (C=O) groups is 4. The third-order valence-corrected chi connectivity index (χ3v) is 9.96. The van der Waals surface area contributed by atoms with E-state index in [0.717, 1.165) is 13.0 Å². The van der Waals surface area contributed by atoms with Gasteiger partial charge in [-0.15, -0.1) is 53.0 Å². The fourth-order valence-electron chi connectivity index (χ4n) is 4.43. The molecule has 0 saturated carbocycles. The number of carbonyl (C=O) groups excluding carboxylic acids is 4. The van der Waals surface area contributed by atoms with Gasteiger partial charge in [-0.25, -0.2) is 14.5 Å². The van der Waals surface area contributed by atoms with Crippen molar-refractivity contribution in [2.75, 3.05) is 37.9 Å². The standard InChI is InChI=1S/C27H39N9O6S3.2ClH/c1-6-7-8-19(38)41-25(15(2)3)42-24(40)21-16(13-45-27-31-32-33-35(27)10-9-34(4)5)12-43-23-20(22(39)36(21)23)30-18(37)11-17-14-44-26(28)29-17;;/h14-15,20,23,25H,6-13H2,1-5H3,(H2,28,29)(H,30,37);2*1H/t20-,23+,25?;;/m1../s1. The highest BCUT2D eigenvalue weighted by atomic mass is 35.5. The first-order valence-electron chi connectivity index (χ1n) is 14.6. The first-order valence-corrected chi connectivity index (χ1v) is 17.5. The van der Waals surface area contributed by atoms with Gasteiger partial charge >= 0.3 is 11.9 Å². The van der Waals surface area contributed by atoms with Crippen LogP contribution in [0.15, 0.2) is 21.8 Å². The number of unbranched alkanes of at least 4 members (excludes halogenated alkanes) is 1. The second-order valence-electron chi connectivity index (χ2n) is 11.1. The van der Waals surface area contributed by atoms with Crippen LogP contribution in [-0.2, 0) is 41.6 Å². The van der Waals surface area contributed by atoms with Gasteiger partial charge in [-0.3, -0.25) is 19.3 Å². The van der Waals surface area contributed by atoms with Crippen molar-refractivity contribution in [2.45, 2.75) is 75.9 Å². The van der Waals surface area contributed by atoms with E-state index in [0.29, 0.717) is 46.0 Å². The van der Waals surface area contributed by atoms with E-state index >= 15 is 0 Å². The number of esters is 2. The number of rotatable bonds is 16. The molecule has 4 heterocycles. The SMILES string of the molecule is CCCCC(=O)OC(OC(=O)C1=C(CSc2nnnn2CCN(C)C)CS[C@H]2[C@H](NC(=O)Cc3csc(N)n3)C(=O)N12)C(C)C.Cl.Cl. The lowest BCUT2D eigenvalue weighted by atomic mass is 10.0. The minimum Gasteiger partial charge on any atom is -0.425 e. The molecule has 1 unspecified atom stereocenters. The maximum atomic E-state index is 13.8. The zero-order valence-electron chi connectivity index (χ0n) is 26.7. The average Bonchev–Trinajstić information content (AvgIpc) is 3.63. The molecule has 0 aliphatic carbocycles. The highest BCUT2D eigenvalue weighted by Gasteiger charge is 2.54. The summed E-state index contributed by atoms with van der Waals surface area (Å²) < 4.78 is 12.9. The van der Waals surface area contributed by atoms with Crippen LogP contribution in [0.25, 0.3) is 0 Å². The molecule has 0 spiro atoms. The van der Waals surface area contributed by atoms with E-state index in [9.17, 15) is 19.2 Å². The lowest BCUT2D eigenvalue weighted by Crippen LogP contribution is -2.70. The van der Waals surface area contributed by atoms with E-state index in [1.54, 1.807) is 23.9 Å². The summed E-state index contributed by atoms with van der Waals surface area (Å²) >= 11 is 4.01. The maximum Gasteiger partial charge on any atom is 0.358 e. The molecule has 0 radical (unpaired) electrons. The van der Waals surface area contributed by atoms with Crippen molar-refractivity contribution in [2.24, 2.45) is 5.92 Å². The summed E-state index contributed by atoms with van der Waals surface area (Å²) in [7, 11) is 3.91. The largest absolute Gasteiger partial charge is 0.425 e. The zero-order chi connectivity index (χ0) is 32.7. The lowest BCUT2D eigenvalue weighted by Gasteiger charge is -2.49. The molecule has 3 atom stereocenters. The first-order chi connectivity index (χ1) is 21.5. The van der Waals surface area contributed by atoms with Crippen molar-refractivity contribution < 1.29 is 28.7 Å². The molecule has 262 valence electrons. The normalized spacial score (nSPS) is 17.8. The van der Waals surface area contributed by atoms with Gasteiger partial charge in [0.15, 0.2) is 5.13 Å². The summed E-state index contributed by atoms with van der Waals surface area (Å²) in [4.78, 5) is 59.9. The third kappa shape index (κ3) is 10.7. The number of thioether (sulfide) groups is 2. The van der Waals surface area contributed by atoms with E-state index in [2.05, 4.69) is 25.8 Å². The Labute approximate surface area is 298 Å². The average molecular weight is 755 g/mol. The van der Waals surface area contributed by atoms with Crippen molar-refractivity contribution >= 4 is 88.6 Å². The Morgan fingerprint density at radius 3 is 2.62 bits per heavy atom. The number of ether oxygens (including phenoxy) is 2. The van der Waals surface area contributed by atoms with Crippen LogP contribution < -0.4 is 11.1 Å². The van der Waals surface area contributed by atoms with Crippen molar-refractivity contribution in [3.8, 4) is 0 Å². The van der Waals surface area contributed by atoms with Crippen molar-refractivity contribution in [3.05, 3.63) is 22.3 Å². The van der Waals surface area contributed by atoms with Gasteiger partial charge in [0.25, 0.3) is 5.91 Å². The summed E-state index contributed by atoms with van der Waals surface area (Å²) in [6.07, 6.45) is 0.528. The molecule has 20 heteroatoms. The number of tetrazole rings is 1. The molecule has 1 saturated heterocycles. The van der Waals surface area contributed by atoms with E-state index in [4.69, 9.17) is 15.2 Å². The number of nitrogen functional groups attached to an aromatic ring is 1. The molecule has 2 aliphatic rings. The van der Waals surface area contributed by atoms with Crippen LogP contribution in [-0.4, -0.2) is 109 Å². The number of nitrogens with zero attached hydrogens (tertiary/aromatic N) is 7. The summed E-state index contributed by atoms with van der Waals surface area (Å²) in [6.45, 7) is 6.83. The highest BCUT2D eigenvalue weighted by Crippen LogP contribution is 2.42. The molecule has 0 aromatic carbocycles. The molecule has 2 aliphatic heterocycles. The maximum absolute atomic E-state index is 13.8. The molecule has 4 rings (SSSR count). The Bertz CT molecular complexity index is 1420. The van der Waals surface area contributed by atoms with Crippen LogP contribution in [0.5, 0.6) is 0 Å². The number of nitrogens with two attached hydrogens (primary N) is 1. The molecule has 2 aromatic heterocycles. The van der Waals surface area contributed by atoms with Crippen LogP contribution in [0.1, 0.15) is 45.7 Å². The van der Waals surface area contributed by atoms with Crippen LogP contribution in [0.2, 0.25) is 0 Å². The third-order valence-electron chi connectivity index (χ3n) is 6.85. The van der Waals surface area contributed by atoms with E-state index in [1.807, 2.05) is 25.9 Å². The Hall–Kier alpha value is -2.64. The number of nitrogens with one attached hydrogen (secondary N) is 1. The van der Waals surface area contributed by atoms with Gasteiger partial charge in [-0.05, 0) is 36.5 Å². The number of fused-ring (bicyclic) bond motifs is 1. The van der Waals surface area contributed by atoms with E-state index in [1.165, 1.54) is 39.8 Å². The Kier molecular flexibility index (Phi) is 16.2. The number of hydrogen-bond acceptors (Lipinski definition) is 15. The Morgan fingerprint density at radius 1 is 1.23 bits per heavy atom. The van der Waals surface area contributed by atoms with Gasteiger partial charge < -0.3 is 25.4 Å². The van der Waals surface area contributed by atoms with Gasteiger partial charge in [0.2, 0.25) is 17.4 Å². The first kappa shape index (κ1) is 40.5. The van der Waals surface area contributed by atoms with Crippen LogP contribution >= 0.6 is 59.7 Å². The second kappa shape index (κ2) is 18.8. The summed E-state index contributed by atoms with van der Waals surface area (Å²) in [5.74, 6) is -1.68. The van der Waals surface area contributed by atoms with Crippen LogP contribution in [0.4, 0.5) is 5.13 Å². The number of hydrogen-bond donors (Lipinski definition) is 2. The Balaban J connectivity index is 0.00000384. The summed E-state index contributed by atoms with van der Waals surface area (Å²) in [6, 6.07) is -0.832. The number of amides is 2. The van der Waals surface area contributed by atoms with Crippen LogP contribution in [0.3, 0.4) is 0 Å². The fraction of sp³-hybridized carbons (Fsp3) is 0.630. The van der Waals surface area contributed by atoms with Gasteiger partial charge in [0.05, 0.1) is 18.7 Å². The number of β-lactam (4-membered cyclic amide) rings is 1. The number of anilines is 1. The zero-order valence-corrected chi connectivity index (χ0v) is 30.8. The van der Waals surface area contributed by atoms with E-state index in [-0.39, 0.29) is 55.2 Å². The molecule has 3 N–H and O–H groups in total. The van der Waals surface area contributed by atoms with Crippen LogP contribution in [0, 0.1) is 5.92 Å². The second-order valence-corrected chi connectivity index (χ2v) is 14.1. The van der Waals surface area contributed by atoms with Gasteiger partial charge in [-0.1, -0.05) is 39.0 Å².